The Hall–Kier alpha value is -0.650. The number of ether oxygens (including phenoxy) is 1. The first kappa shape index (κ1) is 14.4. The van der Waals surface area contributed by atoms with Crippen LogP contribution in [-0.4, -0.2) is 42.3 Å². The molecule has 2 atom stereocenters. The second-order valence-electron chi connectivity index (χ2n) is 5.35. The number of hydrogen-bond donors (Lipinski definition) is 2. The molecule has 5 nitrogen and oxygen atoms in total. The Morgan fingerprint density at radius 1 is 1.47 bits per heavy atom. The minimum Gasteiger partial charge on any atom is -0.346 e. The summed E-state index contributed by atoms with van der Waals surface area (Å²) in [6.07, 6.45) is -0.422. The third kappa shape index (κ3) is 2.97. The Balaban J connectivity index is 2.80. The van der Waals surface area contributed by atoms with Crippen molar-refractivity contribution in [2.24, 2.45) is 5.92 Å². The quantitative estimate of drug-likeness (QED) is 0.714. The summed E-state index contributed by atoms with van der Waals surface area (Å²) in [4.78, 5) is 14.2. The highest BCUT2D eigenvalue weighted by molar-refractivity contribution is 5.81. The van der Waals surface area contributed by atoms with Gasteiger partial charge in [-0.3, -0.25) is 15.1 Å². The zero-order chi connectivity index (χ0) is 13.2. The van der Waals surface area contributed by atoms with Crippen molar-refractivity contribution in [1.82, 2.24) is 15.8 Å². The van der Waals surface area contributed by atoms with Crippen LogP contribution in [0.1, 0.15) is 34.6 Å². The molecule has 100 valence electrons. The highest BCUT2D eigenvalue weighted by Gasteiger charge is 2.49. The Bertz CT molecular complexity index is 279. The third-order valence-corrected chi connectivity index (χ3v) is 3.35. The first-order valence-electron chi connectivity index (χ1n) is 6.24. The number of hydrogen-bond acceptors (Lipinski definition) is 4. The van der Waals surface area contributed by atoms with Crippen LogP contribution in [0.3, 0.4) is 0 Å². The summed E-state index contributed by atoms with van der Waals surface area (Å²) in [7, 11) is 2.01. The minimum atomic E-state index is -0.422. The lowest BCUT2D eigenvalue weighted by Gasteiger charge is -2.31. The van der Waals surface area contributed by atoms with E-state index in [1.54, 1.807) is 0 Å². The smallest absolute Gasteiger partial charge is 0.264 e. The van der Waals surface area contributed by atoms with Crippen molar-refractivity contribution in [1.29, 1.82) is 0 Å². The molecule has 0 bridgehead atoms. The monoisotopic (exact) mass is 243 g/mol. The van der Waals surface area contributed by atoms with Crippen LogP contribution in [0.2, 0.25) is 0 Å². The number of carbonyl (C=O) groups is 1. The van der Waals surface area contributed by atoms with E-state index < -0.39 is 11.8 Å². The maximum Gasteiger partial charge on any atom is 0.264 e. The summed E-state index contributed by atoms with van der Waals surface area (Å²) >= 11 is 0. The summed E-state index contributed by atoms with van der Waals surface area (Å²) < 4.78 is 5.87. The van der Waals surface area contributed by atoms with E-state index in [0.717, 1.165) is 0 Å². The van der Waals surface area contributed by atoms with Crippen LogP contribution in [0.5, 0.6) is 0 Å². The van der Waals surface area contributed by atoms with Crippen molar-refractivity contribution >= 4 is 5.91 Å². The van der Waals surface area contributed by atoms with E-state index >= 15 is 0 Å². The molecule has 1 aliphatic rings. The molecule has 2 unspecified atom stereocenters. The molecule has 0 spiro atoms. The topological polar surface area (TPSA) is 53.6 Å². The van der Waals surface area contributed by atoms with Crippen molar-refractivity contribution in [2.45, 2.75) is 52.5 Å². The predicted molar refractivity (Wildman–Crippen MR) is 67.2 cm³/mol. The van der Waals surface area contributed by atoms with Crippen LogP contribution in [0.4, 0.5) is 0 Å². The average Bonchev–Trinajstić information content (AvgIpc) is 2.47. The van der Waals surface area contributed by atoms with E-state index in [1.807, 2.05) is 27.8 Å². The molecular weight excluding hydrogens is 218 g/mol. The molecule has 0 aromatic carbocycles. The molecule has 2 N–H and O–H groups in total. The Morgan fingerprint density at radius 3 is 2.53 bits per heavy atom. The van der Waals surface area contributed by atoms with Crippen molar-refractivity contribution in [3.8, 4) is 0 Å². The molecular formula is C12H25N3O2. The molecule has 0 radical (unpaired) electrons. The fourth-order valence-corrected chi connectivity index (χ4v) is 2.28. The second-order valence-corrected chi connectivity index (χ2v) is 5.35. The van der Waals surface area contributed by atoms with Crippen LogP contribution < -0.4 is 10.9 Å². The highest BCUT2D eigenvalue weighted by atomic mass is 16.5. The number of amides is 1. The van der Waals surface area contributed by atoms with Gasteiger partial charge in [-0.1, -0.05) is 20.8 Å². The summed E-state index contributed by atoms with van der Waals surface area (Å²) in [5, 5.41) is 0. The SMILES string of the molecule is CCNNC(=O)C1OC(C)(C)N(C)C1C(C)C. The largest absolute Gasteiger partial charge is 0.346 e. The molecule has 1 rings (SSSR count). The number of carbonyl (C=O) groups excluding carboxylic acids is 1. The van der Waals surface area contributed by atoms with Crippen LogP contribution in [0, 0.1) is 5.92 Å². The molecule has 1 heterocycles. The Labute approximate surface area is 104 Å². The highest BCUT2D eigenvalue weighted by Crippen LogP contribution is 2.33. The first-order valence-corrected chi connectivity index (χ1v) is 6.24. The van der Waals surface area contributed by atoms with Gasteiger partial charge in [-0.2, -0.15) is 0 Å². The third-order valence-electron chi connectivity index (χ3n) is 3.35. The lowest BCUT2D eigenvalue weighted by molar-refractivity contribution is -0.139. The van der Waals surface area contributed by atoms with Gasteiger partial charge in [-0.05, 0) is 26.8 Å². The van der Waals surface area contributed by atoms with Gasteiger partial charge in [0.05, 0.1) is 0 Å². The summed E-state index contributed by atoms with van der Waals surface area (Å²) in [6, 6.07) is 0.101. The summed E-state index contributed by atoms with van der Waals surface area (Å²) in [6.45, 7) is 10.8. The maximum atomic E-state index is 12.0. The molecule has 1 saturated heterocycles. The van der Waals surface area contributed by atoms with Gasteiger partial charge >= 0.3 is 0 Å². The molecule has 0 aliphatic carbocycles. The Kier molecular flexibility index (Phi) is 4.52. The number of nitrogens with zero attached hydrogens (tertiary/aromatic N) is 1. The predicted octanol–water partition coefficient (Wildman–Crippen LogP) is 0.718. The van der Waals surface area contributed by atoms with E-state index in [4.69, 9.17) is 4.74 Å². The number of rotatable bonds is 4. The van der Waals surface area contributed by atoms with E-state index in [-0.39, 0.29) is 11.9 Å². The number of hydrazine groups is 1. The zero-order valence-electron chi connectivity index (χ0n) is 11.7. The Morgan fingerprint density at radius 2 is 2.06 bits per heavy atom. The van der Waals surface area contributed by atoms with Crippen LogP contribution >= 0.6 is 0 Å². The van der Waals surface area contributed by atoms with Crippen molar-refractivity contribution in [2.75, 3.05) is 13.6 Å². The first-order chi connectivity index (χ1) is 7.81. The molecule has 0 saturated carbocycles. The van der Waals surface area contributed by atoms with Gasteiger partial charge in [-0.15, -0.1) is 0 Å². The van der Waals surface area contributed by atoms with E-state index in [0.29, 0.717) is 12.5 Å². The molecule has 17 heavy (non-hydrogen) atoms. The van der Waals surface area contributed by atoms with Gasteiger partial charge in [0.1, 0.15) is 5.72 Å². The standard InChI is InChI=1S/C12H25N3O2/c1-7-13-14-11(16)10-9(8(2)3)15(6)12(4,5)17-10/h8-10,13H,7H2,1-6H3,(H,14,16). The molecule has 0 aromatic heterocycles. The normalized spacial score (nSPS) is 28.6. The molecule has 1 amide bonds. The van der Waals surface area contributed by atoms with Crippen LogP contribution in [0.25, 0.3) is 0 Å². The lowest BCUT2D eigenvalue weighted by atomic mass is 9.97. The van der Waals surface area contributed by atoms with Gasteiger partial charge in [0, 0.05) is 12.6 Å². The van der Waals surface area contributed by atoms with Crippen molar-refractivity contribution in [3.63, 3.8) is 0 Å². The molecule has 0 aromatic rings. The lowest BCUT2D eigenvalue weighted by Crippen LogP contribution is -2.50. The molecule has 5 heteroatoms. The fraction of sp³-hybridized carbons (Fsp3) is 0.917. The van der Waals surface area contributed by atoms with Crippen LogP contribution in [-0.2, 0) is 9.53 Å². The van der Waals surface area contributed by atoms with Gasteiger partial charge in [0.15, 0.2) is 6.10 Å². The van der Waals surface area contributed by atoms with E-state index in [2.05, 4.69) is 29.6 Å². The average molecular weight is 243 g/mol. The van der Waals surface area contributed by atoms with E-state index in [9.17, 15) is 4.79 Å². The second kappa shape index (κ2) is 5.33. The van der Waals surface area contributed by atoms with Gasteiger partial charge < -0.3 is 4.74 Å². The van der Waals surface area contributed by atoms with E-state index in [1.165, 1.54) is 0 Å². The minimum absolute atomic E-state index is 0.0945. The van der Waals surface area contributed by atoms with Crippen LogP contribution in [0.15, 0.2) is 0 Å². The van der Waals surface area contributed by atoms with Crippen molar-refractivity contribution < 1.29 is 9.53 Å². The maximum absolute atomic E-state index is 12.0. The fourth-order valence-electron chi connectivity index (χ4n) is 2.28. The zero-order valence-corrected chi connectivity index (χ0v) is 11.7. The van der Waals surface area contributed by atoms with Gasteiger partial charge in [0.25, 0.3) is 5.91 Å². The van der Waals surface area contributed by atoms with Gasteiger partial charge in [0.2, 0.25) is 0 Å². The summed E-state index contributed by atoms with van der Waals surface area (Å²) in [5.74, 6) is 0.266. The van der Waals surface area contributed by atoms with Gasteiger partial charge in [-0.25, -0.2) is 5.43 Å². The van der Waals surface area contributed by atoms with Crippen molar-refractivity contribution in [3.05, 3.63) is 0 Å². The molecule has 1 fully saturated rings. The molecule has 1 aliphatic heterocycles. The summed E-state index contributed by atoms with van der Waals surface area (Å²) in [5.41, 5.74) is 5.11. The number of likely N-dealkylation sites (N-methyl/N-ethyl adjacent to an activating group) is 1. The number of nitrogens with one attached hydrogen (secondary N) is 2.